The third-order valence-electron chi connectivity index (χ3n) is 6.16. The lowest BCUT2D eigenvalue weighted by atomic mass is 9.97. The molecule has 0 N–H and O–H groups in total. The molecule has 0 spiro atoms. The predicted octanol–water partition coefficient (Wildman–Crippen LogP) is 6.43. The lowest BCUT2D eigenvalue weighted by Gasteiger charge is -2.25. The van der Waals surface area contributed by atoms with Gasteiger partial charge < -0.3 is 4.42 Å². The van der Waals surface area contributed by atoms with E-state index in [-0.39, 0.29) is 17.1 Å². The molecule has 1 atom stereocenters. The summed E-state index contributed by atoms with van der Waals surface area (Å²) in [6.07, 6.45) is 1.83. The first-order chi connectivity index (χ1) is 15.5. The van der Waals surface area contributed by atoms with Gasteiger partial charge in [-0.05, 0) is 59.9 Å². The minimum Gasteiger partial charge on any atom is -0.450 e. The molecule has 5 heteroatoms. The number of benzene rings is 3. The summed E-state index contributed by atoms with van der Waals surface area (Å²) in [6.45, 7) is 4.19. The van der Waals surface area contributed by atoms with E-state index in [9.17, 15) is 9.59 Å². The molecule has 5 rings (SSSR count). The van der Waals surface area contributed by atoms with E-state index < -0.39 is 6.04 Å². The summed E-state index contributed by atoms with van der Waals surface area (Å²) in [6, 6.07) is 20.8. The molecule has 0 saturated carbocycles. The van der Waals surface area contributed by atoms with Gasteiger partial charge in [0.1, 0.15) is 5.58 Å². The molecule has 1 amide bonds. The van der Waals surface area contributed by atoms with Crippen LogP contribution in [0, 0.1) is 0 Å². The van der Waals surface area contributed by atoms with Gasteiger partial charge in [-0.1, -0.05) is 66.2 Å². The Morgan fingerprint density at radius 1 is 0.875 bits per heavy atom. The summed E-state index contributed by atoms with van der Waals surface area (Å²) in [7, 11) is 0. The maximum Gasteiger partial charge on any atom is 0.295 e. The zero-order valence-electron chi connectivity index (χ0n) is 17.9. The second kappa shape index (κ2) is 8.06. The highest BCUT2D eigenvalue weighted by molar-refractivity contribution is 9.10. The van der Waals surface area contributed by atoms with Crippen LogP contribution in [0.3, 0.4) is 0 Å². The Morgan fingerprint density at radius 2 is 1.50 bits per heavy atom. The third kappa shape index (κ3) is 3.28. The van der Waals surface area contributed by atoms with Crippen molar-refractivity contribution in [3.63, 3.8) is 0 Å². The maximum absolute atomic E-state index is 13.6. The lowest BCUT2D eigenvalue weighted by Crippen LogP contribution is -2.29. The van der Waals surface area contributed by atoms with Gasteiger partial charge in [-0.2, -0.15) is 0 Å². The molecule has 0 bridgehead atoms. The second-order valence-electron chi connectivity index (χ2n) is 8.01. The van der Waals surface area contributed by atoms with Crippen molar-refractivity contribution in [2.24, 2.45) is 0 Å². The Balaban J connectivity index is 1.77. The molecular weight excluding hydrogens is 466 g/mol. The first kappa shape index (κ1) is 20.7. The minimum absolute atomic E-state index is 0.119. The fourth-order valence-corrected chi connectivity index (χ4v) is 4.72. The van der Waals surface area contributed by atoms with Gasteiger partial charge in [-0.3, -0.25) is 14.5 Å². The maximum atomic E-state index is 13.6. The number of carbonyl (C=O) groups excluding carboxylic acids is 1. The topological polar surface area (TPSA) is 50.5 Å². The van der Waals surface area contributed by atoms with E-state index in [1.54, 1.807) is 23.1 Å². The van der Waals surface area contributed by atoms with Crippen LogP contribution in [0.5, 0.6) is 0 Å². The molecule has 1 aliphatic heterocycles. The fraction of sp³-hybridized carbons (Fsp3) is 0.185. The average Bonchev–Trinajstić information content (AvgIpc) is 3.12. The molecule has 0 radical (unpaired) electrons. The van der Waals surface area contributed by atoms with E-state index in [0.29, 0.717) is 16.5 Å². The van der Waals surface area contributed by atoms with Crippen LogP contribution < -0.4 is 10.3 Å². The highest BCUT2D eigenvalue weighted by Gasteiger charge is 2.43. The van der Waals surface area contributed by atoms with Crippen molar-refractivity contribution in [1.82, 2.24) is 0 Å². The van der Waals surface area contributed by atoms with Gasteiger partial charge in [0.15, 0.2) is 5.43 Å². The summed E-state index contributed by atoms with van der Waals surface area (Å²) in [5.41, 5.74) is 4.65. The number of anilines is 1. The molecule has 0 saturated heterocycles. The molecule has 4 nitrogen and oxygen atoms in total. The van der Waals surface area contributed by atoms with Crippen molar-refractivity contribution in [3.8, 4) is 0 Å². The number of hydrogen-bond acceptors (Lipinski definition) is 3. The molecule has 2 heterocycles. The fourth-order valence-electron chi connectivity index (χ4n) is 4.35. The molecule has 160 valence electrons. The summed E-state index contributed by atoms with van der Waals surface area (Å²) in [4.78, 5) is 28.9. The van der Waals surface area contributed by atoms with Crippen molar-refractivity contribution in [3.05, 3.63) is 109 Å². The Kier molecular flexibility index (Phi) is 5.22. The number of amides is 1. The molecule has 0 aliphatic carbocycles. The Morgan fingerprint density at radius 3 is 2.12 bits per heavy atom. The van der Waals surface area contributed by atoms with Gasteiger partial charge >= 0.3 is 0 Å². The van der Waals surface area contributed by atoms with Gasteiger partial charge in [-0.15, -0.1) is 0 Å². The molecule has 32 heavy (non-hydrogen) atoms. The van der Waals surface area contributed by atoms with Crippen molar-refractivity contribution < 1.29 is 9.21 Å². The summed E-state index contributed by atoms with van der Waals surface area (Å²) in [5.74, 6) is -0.176. The number of carbonyl (C=O) groups is 1. The monoisotopic (exact) mass is 487 g/mol. The average molecular weight is 488 g/mol. The van der Waals surface area contributed by atoms with Crippen molar-refractivity contribution in [2.75, 3.05) is 4.90 Å². The Bertz CT molecular complexity index is 1390. The molecule has 1 unspecified atom stereocenters. The van der Waals surface area contributed by atoms with Crippen molar-refractivity contribution in [1.29, 1.82) is 0 Å². The van der Waals surface area contributed by atoms with Gasteiger partial charge in [0.05, 0.1) is 17.0 Å². The second-order valence-corrected chi connectivity index (χ2v) is 8.92. The van der Waals surface area contributed by atoms with Crippen LogP contribution in [0.1, 0.15) is 52.7 Å². The Hall–Kier alpha value is -3.18. The van der Waals surface area contributed by atoms with E-state index in [1.165, 1.54) is 11.1 Å². The van der Waals surface area contributed by atoms with E-state index >= 15 is 0 Å². The third-order valence-corrected chi connectivity index (χ3v) is 6.65. The SMILES string of the molecule is CCc1ccc(C2c3c(oc4ccc(Br)cc4c3=O)C(=O)N2c2ccc(CC)cc2)cc1. The zero-order valence-corrected chi connectivity index (χ0v) is 19.5. The van der Waals surface area contributed by atoms with Gasteiger partial charge in [-0.25, -0.2) is 0 Å². The zero-order chi connectivity index (χ0) is 22.4. The first-order valence-electron chi connectivity index (χ1n) is 10.8. The molecular formula is C27H22BrNO3. The van der Waals surface area contributed by atoms with Crippen LogP contribution in [0.15, 0.2) is 80.4 Å². The van der Waals surface area contributed by atoms with Crippen LogP contribution in [0.2, 0.25) is 0 Å². The lowest BCUT2D eigenvalue weighted by molar-refractivity contribution is 0.0971. The quantitative estimate of drug-likeness (QED) is 0.333. The number of aryl methyl sites for hydroxylation is 2. The van der Waals surface area contributed by atoms with E-state index in [1.807, 2.05) is 36.4 Å². The smallest absolute Gasteiger partial charge is 0.295 e. The van der Waals surface area contributed by atoms with E-state index in [4.69, 9.17) is 4.42 Å². The highest BCUT2D eigenvalue weighted by atomic mass is 79.9. The van der Waals surface area contributed by atoms with Crippen molar-refractivity contribution >= 4 is 38.5 Å². The Labute approximate surface area is 194 Å². The van der Waals surface area contributed by atoms with Gasteiger partial charge in [0.2, 0.25) is 5.76 Å². The van der Waals surface area contributed by atoms with Crippen molar-refractivity contribution in [2.45, 2.75) is 32.7 Å². The first-order valence-corrected chi connectivity index (χ1v) is 11.6. The van der Waals surface area contributed by atoms with E-state index in [0.717, 1.165) is 28.6 Å². The largest absolute Gasteiger partial charge is 0.450 e. The normalized spacial score (nSPS) is 15.4. The highest BCUT2D eigenvalue weighted by Crippen LogP contribution is 2.41. The number of halogens is 1. The van der Waals surface area contributed by atoms with Gasteiger partial charge in [0, 0.05) is 10.2 Å². The molecule has 0 fully saturated rings. The summed E-state index contributed by atoms with van der Waals surface area (Å²) >= 11 is 3.44. The predicted molar refractivity (Wildman–Crippen MR) is 130 cm³/mol. The summed E-state index contributed by atoms with van der Waals surface area (Å²) < 4.78 is 6.82. The van der Waals surface area contributed by atoms with Crippen LogP contribution in [-0.2, 0) is 12.8 Å². The number of rotatable bonds is 4. The van der Waals surface area contributed by atoms with Crippen LogP contribution in [0.4, 0.5) is 5.69 Å². The van der Waals surface area contributed by atoms with Gasteiger partial charge in [0.25, 0.3) is 5.91 Å². The standard InChI is InChI=1S/C27H22BrNO3/c1-3-16-5-9-18(10-6-16)24-23-25(30)21-15-19(28)11-14-22(21)32-26(23)27(31)29(24)20-12-7-17(4-2)8-13-20/h5-15,24H,3-4H2,1-2H3. The molecule has 1 aliphatic rings. The molecule has 1 aromatic heterocycles. The minimum atomic E-state index is -0.546. The molecule has 4 aromatic rings. The molecule has 3 aromatic carbocycles. The van der Waals surface area contributed by atoms with Crippen LogP contribution in [-0.4, -0.2) is 5.91 Å². The number of fused-ring (bicyclic) bond motifs is 2. The number of hydrogen-bond donors (Lipinski definition) is 0. The number of nitrogens with zero attached hydrogens (tertiary/aromatic N) is 1. The van der Waals surface area contributed by atoms with Crippen LogP contribution in [0.25, 0.3) is 11.0 Å². The summed E-state index contributed by atoms with van der Waals surface area (Å²) in [5, 5.41) is 0.462. The van der Waals surface area contributed by atoms with E-state index in [2.05, 4.69) is 41.9 Å². The van der Waals surface area contributed by atoms with Crippen LogP contribution >= 0.6 is 15.9 Å².